The highest BCUT2D eigenvalue weighted by molar-refractivity contribution is 5.35. The monoisotopic (exact) mass is 231 g/mol. The fourth-order valence-corrected chi connectivity index (χ4v) is 3.05. The molecule has 2 unspecified atom stereocenters. The van der Waals surface area contributed by atoms with E-state index in [1.165, 1.54) is 36.0 Å². The zero-order valence-corrected chi connectivity index (χ0v) is 10.3. The maximum atomic E-state index is 5.94. The Morgan fingerprint density at radius 2 is 2.06 bits per heavy atom. The molecule has 1 saturated carbocycles. The van der Waals surface area contributed by atoms with Crippen molar-refractivity contribution in [1.82, 2.24) is 0 Å². The Balaban J connectivity index is 1.58. The van der Waals surface area contributed by atoms with Gasteiger partial charge < -0.3 is 10.5 Å². The molecule has 2 nitrogen and oxygen atoms in total. The Morgan fingerprint density at radius 3 is 2.88 bits per heavy atom. The Labute approximate surface area is 103 Å². The molecule has 2 N–H and O–H groups in total. The average molecular weight is 231 g/mol. The van der Waals surface area contributed by atoms with Gasteiger partial charge in [-0.05, 0) is 55.2 Å². The molecule has 0 spiro atoms. The van der Waals surface area contributed by atoms with Gasteiger partial charge in [-0.2, -0.15) is 0 Å². The highest BCUT2D eigenvalue weighted by Crippen LogP contribution is 2.25. The lowest BCUT2D eigenvalue weighted by atomic mass is 10.1. The van der Waals surface area contributed by atoms with Crippen LogP contribution in [-0.2, 0) is 24.2 Å². The van der Waals surface area contributed by atoms with Crippen molar-refractivity contribution in [2.24, 2.45) is 5.73 Å². The topological polar surface area (TPSA) is 35.2 Å². The van der Waals surface area contributed by atoms with Crippen LogP contribution in [0, 0.1) is 0 Å². The van der Waals surface area contributed by atoms with E-state index in [0.717, 1.165) is 25.9 Å². The summed E-state index contributed by atoms with van der Waals surface area (Å²) in [5.74, 6) is 0. The molecule has 0 amide bonds. The number of ether oxygens (including phenoxy) is 1. The van der Waals surface area contributed by atoms with Crippen molar-refractivity contribution in [3.8, 4) is 0 Å². The number of hydrogen-bond acceptors (Lipinski definition) is 2. The molecule has 2 aliphatic rings. The van der Waals surface area contributed by atoms with Crippen molar-refractivity contribution < 1.29 is 4.74 Å². The first-order valence-corrected chi connectivity index (χ1v) is 6.79. The molecule has 0 radical (unpaired) electrons. The van der Waals surface area contributed by atoms with Crippen molar-refractivity contribution in [2.75, 3.05) is 0 Å². The molecule has 1 aromatic rings. The molecule has 0 aromatic heterocycles. The summed E-state index contributed by atoms with van der Waals surface area (Å²) >= 11 is 0. The van der Waals surface area contributed by atoms with Crippen LogP contribution in [0.2, 0.25) is 0 Å². The van der Waals surface area contributed by atoms with E-state index >= 15 is 0 Å². The predicted molar refractivity (Wildman–Crippen MR) is 68.9 cm³/mol. The van der Waals surface area contributed by atoms with Gasteiger partial charge in [-0.1, -0.05) is 18.2 Å². The number of rotatable bonds is 3. The molecule has 3 rings (SSSR count). The molecule has 17 heavy (non-hydrogen) atoms. The van der Waals surface area contributed by atoms with Gasteiger partial charge in [0.05, 0.1) is 12.7 Å². The van der Waals surface area contributed by atoms with Crippen LogP contribution in [0.3, 0.4) is 0 Å². The first kappa shape index (κ1) is 11.2. The molecule has 2 heteroatoms. The van der Waals surface area contributed by atoms with E-state index in [1.54, 1.807) is 0 Å². The van der Waals surface area contributed by atoms with Gasteiger partial charge in [0, 0.05) is 6.04 Å². The molecule has 2 atom stereocenters. The van der Waals surface area contributed by atoms with Crippen LogP contribution in [0.1, 0.15) is 42.4 Å². The summed E-state index contributed by atoms with van der Waals surface area (Å²) in [6.07, 6.45) is 7.49. The molecule has 0 aliphatic heterocycles. The van der Waals surface area contributed by atoms with Crippen LogP contribution >= 0.6 is 0 Å². The zero-order valence-electron chi connectivity index (χ0n) is 10.3. The quantitative estimate of drug-likeness (QED) is 0.867. The lowest BCUT2D eigenvalue weighted by Gasteiger charge is -2.12. The minimum Gasteiger partial charge on any atom is -0.373 e. The fraction of sp³-hybridized carbons (Fsp3) is 0.600. The predicted octanol–water partition coefficient (Wildman–Crippen LogP) is 2.57. The number of nitrogens with two attached hydrogens (primary N) is 1. The third-order valence-electron chi connectivity index (χ3n) is 4.07. The van der Waals surface area contributed by atoms with E-state index in [2.05, 4.69) is 18.2 Å². The van der Waals surface area contributed by atoms with Crippen LogP contribution < -0.4 is 5.73 Å². The summed E-state index contributed by atoms with van der Waals surface area (Å²) in [4.78, 5) is 0. The highest BCUT2D eigenvalue weighted by atomic mass is 16.5. The summed E-state index contributed by atoms with van der Waals surface area (Å²) in [6, 6.07) is 7.19. The van der Waals surface area contributed by atoms with Gasteiger partial charge in [0.25, 0.3) is 0 Å². The van der Waals surface area contributed by atoms with Gasteiger partial charge in [0.1, 0.15) is 0 Å². The SMILES string of the molecule is NC1CCC(OCc2ccc3c(c2)CCC3)C1. The summed E-state index contributed by atoms with van der Waals surface area (Å²) < 4.78 is 5.94. The summed E-state index contributed by atoms with van der Waals surface area (Å²) in [7, 11) is 0. The van der Waals surface area contributed by atoms with Crippen molar-refractivity contribution in [1.29, 1.82) is 0 Å². The number of benzene rings is 1. The number of aryl methyl sites for hydroxylation is 2. The molecule has 92 valence electrons. The number of fused-ring (bicyclic) bond motifs is 1. The lowest BCUT2D eigenvalue weighted by molar-refractivity contribution is 0.0448. The standard InChI is InChI=1S/C15H21NO/c16-14-6-7-15(9-14)17-10-11-4-5-12-2-1-3-13(12)8-11/h4-5,8,14-15H,1-3,6-7,9-10,16H2. The molecular weight excluding hydrogens is 210 g/mol. The first-order valence-electron chi connectivity index (χ1n) is 6.79. The fourth-order valence-electron chi connectivity index (χ4n) is 3.05. The van der Waals surface area contributed by atoms with Crippen LogP contribution in [0.15, 0.2) is 18.2 Å². The Hall–Kier alpha value is -0.860. The van der Waals surface area contributed by atoms with Gasteiger partial charge in [-0.3, -0.25) is 0 Å². The van der Waals surface area contributed by atoms with Crippen molar-refractivity contribution in [2.45, 2.75) is 57.3 Å². The van der Waals surface area contributed by atoms with E-state index in [1.807, 2.05) is 0 Å². The smallest absolute Gasteiger partial charge is 0.0720 e. The van der Waals surface area contributed by atoms with Crippen LogP contribution in [0.5, 0.6) is 0 Å². The maximum absolute atomic E-state index is 5.94. The Bertz CT molecular complexity index is 402. The number of hydrogen-bond donors (Lipinski definition) is 1. The largest absolute Gasteiger partial charge is 0.373 e. The highest BCUT2D eigenvalue weighted by Gasteiger charge is 2.22. The Morgan fingerprint density at radius 1 is 1.18 bits per heavy atom. The Kier molecular flexibility index (Phi) is 3.17. The normalized spacial score (nSPS) is 27.4. The molecule has 0 bridgehead atoms. The van der Waals surface area contributed by atoms with Gasteiger partial charge in [-0.15, -0.1) is 0 Å². The van der Waals surface area contributed by atoms with E-state index in [0.29, 0.717) is 12.1 Å². The third kappa shape index (κ3) is 2.53. The minimum atomic E-state index is 0.361. The molecular formula is C15H21NO. The maximum Gasteiger partial charge on any atom is 0.0720 e. The van der Waals surface area contributed by atoms with Gasteiger partial charge >= 0.3 is 0 Å². The van der Waals surface area contributed by atoms with Gasteiger partial charge in [0.2, 0.25) is 0 Å². The van der Waals surface area contributed by atoms with Crippen LogP contribution in [0.25, 0.3) is 0 Å². The van der Waals surface area contributed by atoms with Crippen molar-refractivity contribution in [3.63, 3.8) is 0 Å². The van der Waals surface area contributed by atoms with E-state index < -0.39 is 0 Å². The lowest BCUT2D eigenvalue weighted by Crippen LogP contribution is -2.17. The molecule has 0 heterocycles. The molecule has 2 aliphatic carbocycles. The second-order valence-electron chi connectivity index (χ2n) is 5.46. The third-order valence-corrected chi connectivity index (χ3v) is 4.07. The zero-order chi connectivity index (χ0) is 11.7. The second kappa shape index (κ2) is 4.79. The first-order chi connectivity index (χ1) is 8.31. The van der Waals surface area contributed by atoms with Crippen molar-refractivity contribution in [3.05, 3.63) is 34.9 Å². The van der Waals surface area contributed by atoms with Crippen LogP contribution in [-0.4, -0.2) is 12.1 Å². The van der Waals surface area contributed by atoms with E-state index in [-0.39, 0.29) is 0 Å². The molecule has 1 fully saturated rings. The average Bonchev–Trinajstić information content (AvgIpc) is 2.94. The van der Waals surface area contributed by atoms with E-state index in [4.69, 9.17) is 10.5 Å². The summed E-state index contributed by atoms with van der Waals surface area (Å²) in [6.45, 7) is 0.755. The van der Waals surface area contributed by atoms with Crippen LogP contribution in [0.4, 0.5) is 0 Å². The molecule has 0 saturated heterocycles. The minimum absolute atomic E-state index is 0.361. The van der Waals surface area contributed by atoms with E-state index in [9.17, 15) is 0 Å². The summed E-state index contributed by atoms with van der Waals surface area (Å²) in [5.41, 5.74) is 10.3. The summed E-state index contributed by atoms with van der Waals surface area (Å²) in [5, 5.41) is 0. The van der Waals surface area contributed by atoms with Crippen molar-refractivity contribution >= 4 is 0 Å². The molecule has 1 aromatic carbocycles. The van der Waals surface area contributed by atoms with Gasteiger partial charge in [0.15, 0.2) is 0 Å². The second-order valence-corrected chi connectivity index (χ2v) is 5.46. The van der Waals surface area contributed by atoms with Gasteiger partial charge in [-0.25, -0.2) is 0 Å².